The first-order chi connectivity index (χ1) is 6.47. The lowest BCUT2D eigenvalue weighted by Crippen LogP contribution is -2.40. The van der Waals surface area contributed by atoms with Crippen molar-refractivity contribution < 1.29 is 9.90 Å². The van der Waals surface area contributed by atoms with E-state index in [-0.39, 0.29) is 18.4 Å². The summed E-state index contributed by atoms with van der Waals surface area (Å²) in [5.41, 5.74) is 0. The van der Waals surface area contributed by atoms with Crippen LogP contribution in [0.4, 0.5) is 0 Å². The van der Waals surface area contributed by atoms with Gasteiger partial charge in [-0.3, -0.25) is 9.69 Å². The number of nitrogens with one attached hydrogen (secondary N) is 1. The van der Waals surface area contributed by atoms with Crippen molar-refractivity contribution in [1.29, 1.82) is 0 Å². The largest absolute Gasteiger partial charge is 0.396 e. The number of aliphatic hydroxyl groups excluding tert-OH is 1. The highest BCUT2D eigenvalue weighted by Gasteiger charge is 2.09. The van der Waals surface area contributed by atoms with E-state index in [9.17, 15) is 4.79 Å². The standard InChI is InChI=1S/C10H22N2O2/c1-8(2)12(4)6-10(14)11-5-9(3)7-13/h8-9,13H,5-7H2,1-4H3,(H,11,14). The van der Waals surface area contributed by atoms with Crippen molar-refractivity contribution in [3.05, 3.63) is 0 Å². The highest BCUT2D eigenvalue weighted by atomic mass is 16.3. The van der Waals surface area contributed by atoms with E-state index in [0.717, 1.165) is 0 Å². The predicted octanol–water partition coefficient (Wildman–Crippen LogP) is 0.0712. The minimum absolute atomic E-state index is 0.0153. The summed E-state index contributed by atoms with van der Waals surface area (Å²) < 4.78 is 0. The number of nitrogens with zero attached hydrogens (tertiary/aromatic N) is 1. The summed E-state index contributed by atoms with van der Waals surface area (Å²) in [7, 11) is 1.92. The number of carbonyl (C=O) groups is 1. The third kappa shape index (κ3) is 5.94. The van der Waals surface area contributed by atoms with Crippen LogP contribution in [0.15, 0.2) is 0 Å². The number of hydrogen-bond acceptors (Lipinski definition) is 3. The van der Waals surface area contributed by atoms with Gasteiger partial charge in [-0.1, -0.05) is 6.92 Å². The van der Waals surface area contributed by atoms with Crippen LogP contribution in [0.2, 0.25) is 0 Å². The fourth-order valence-corrected chi connectivity index (χ4v) is 0.818. The number of likely N-dealkylation sites (N-methyl/N-ethyl adjacent to an activating group) is 1. The molecule has 0 heterocycles. The van der Waals surface area contributed by atoms with Crippen molar-refractivity contribution >= 4 is 5.91 Å². The molecule has 14 heavy (non-hydrogen) atoms. The zero-order chi connectivity index (χ0) is 11.1. The molecule has 1 amide bonds. The molecule has 0 bridgehead atoms. The fraction of sp³-hybridized carbons (Fsp3) is 0.900. The van der Waals surface area contributed by atoms with Gasteiger partial charge >= 0.3 is 0 Å². The molecular formula is C10H22N2O2. The highest BCUT2D eigenvalue weighted by Crippen LogP contribution is 1.93. The SMILES string of the molecule is CC(CO)CNC(=O)CN(C)C(C)C. The molecule has 1 unspecified atom stereocenters. The van der Waals surface area contributed by atoms with Crippen LogP contribution in [0, 0.1) is 5.92 Å². The lowest BCUT2D eigenvalue weighted by molar-refractivity contribution is -0.122. The Morgan fingerprint density at radius 2 is 2.00 bits per heavy atom. The molecule has 0 aromatic rings. The maximum Gasteiger partial charge on any atom is 0.234 e. The molecule has 0 aliphatic heterocycles. The summed E-state index contributed by atoms with van der Waals surface area (Å²) in [6, 6.07) is 0.371. The molecule has 0 radical (unpaired) electrons. The lowest BCUT2D eigenvalue weighted by atomic mass is 10.2. The zero-order valence-corrected chi connectivity index (χ0v) is 9.58. The Hall–Kier alpha value is -0.610. The van der Waals surface area contributed by atoms with Crippen LogP contribution in [0.5, 0.6) is 0 Å². The topological polar surface area (TPSA) is 52.6 Å². The average Bonchev–Trinajstić information content (AvgIpc) is 2.13. The van der Waals surface area contributed by atoms with Gasteiger partial charge in [0.1, 0.15) is 0 Å². The molecule has 1 atom stereocenters. The van der Waals surface area contributed by atoms with Crippen molar-refractivity contribution in [2.45, 2.75) is 26.8 Å². The molecule has 0 saturated heterocycles. The van der Waals surface area contributed by atoms with Crippen LogP contribution in [0.3, 0.4) is 0 Å². The summed E-state index contributed by atoms with van der Waals surface area (Å²) in [6.07, 6.45) is 0. The second-order valence-electron chi connectivity index (χ2n) is 4.10. The van der Waals surface area contributed by atoms with E-state index in [4.69, 9.17) is 5.11 Å². The molecule has 0 aliphatic carbocycles. The van der Waals surface area contributed by atoms with E-state index in [1.807, 2.05) is 32.7 Å². The Labute approximate surface area is 86.3 Å². The Morgan fingerprint density at radius 1 is 1.43 bits per heavy atom. The normalized spacial score (nSPS) is 13.4. The molecule has 4 heteroatoms. The Bertz CT molecular complexity index is 172. The fourth-order valence-electron chi connectivity index (χ4n) is 0.818. The molecule has 0 spiro atoms. The van der Waals surface area contributed by atoms with Crippen molar-refractivity contribution in [2.24, 2.45) is 5.92 Å². The van der Waals surface area contributed by atoms with Crippen LogP contribution in [0.25, 0.3) is 0 Å². The maximum atomic E-state index is 11.3. The summed E-state index contributed by atoms with van der Waals surface area (Å²) in [6.45, 7) is 7.05. The molecule has 0 saturated carbocycles. The predicted molar refractivity (Wildman–Crippen MR) is 57.0 cm³/mol. The maximum absolute atomic E-state index is 11.3. The number of carbonyl (C=O) groups excluding carboxylic acids is 1. The van der Waals surface area contributed by atoms with Gasteiger partial charge in [0.25, 0.3) is 0 Å². The highest BCUT2D eigenvalue weighted by molar-refractivity contribution is 5.77. The minimum Gasteiger partial charge on any atom is -0.396 e. The molecule has 4 nitrogen and oxygen atoms in total. The molecule has 0 rings (SSSR count). The van der Waals surface area contributed by atoms with E-state index in [1.165, 1.54) is 0 Å². The Balaban J connectivity index is 3.65. The first-order valence-electron chi connectivity index (χ1n) is 5.05. The number of hydrogen-bond donors (Lipinski definition) is 2. The van der Waals surface area contributed by atoms with Crippen molar-refractivity contribution in [2.75, 3.05) is 26.7 Å². The van der Waals surface area contributed by atoms with Gasteiger partial charge in [-0.15, -0.1) is 0 Å². The van der Waals surface area contributed by atoms with Gasteiger partial charge in [-0.05, 0) is 26.8 Å². The monoisotopic (exact) mass is 202 g/mol. The van der Waals surface area contributed by atoms with Crippen molar-refractivity contribution in [1.82, 2.24) is 10.2 Å². The zero-order valence-electron chi connectivity index (χ0n) is 9.58. The Kier molecular flexibility index (Phi) is 6.49. The number of aliphatic hydroxyl groups is 1. The van der Waals surface area contributed by atoms with Crippen molar-refractivity contribution in [3.63, 3.8) is 0 Å². The summed E-state index contributed by atoms with van der Waals surface area (Å²) in [5, 5.41) is 11.5. The van der Waals surface area contributed by atoms with Gasteiger partial charge in [-0.2, -0.15) is 0 Å². The van der Waals surface area contributed by atoms with Gasteiger partial charge in [-0.25, -0.2) is 0 Å². The summed E-state index contributed by atoms with van der Waals surface area (Å²) in [5.74, 6) is 0.143. The van der Waals surface area contributed by atoms with E-state index >= 15 is 0 Å². The van der Waals surface area contributed by atoms with Gasteiger partial charge in [0.2, 0.25) is 5.91 Å². The van der Waals surface area contributed by atoms with E-state index < -0.39 is 0 Å². The Morgan fingerprint density at radius 3 is 2.43 bits per heavy atom. The summed E-state index contributed by atoms with van der Waals surface area (Å²) >= 11 is 0. The van der Waals surface area contributed by atoms with Crippen LogP contribution >= 0.6 is 0 Å². The first-order valence-corrected chi connectivity index (χ1v) is 5.05. The van der Waals surface area contributed by atoms with Gasteiger partial charge in [0, 0.05) is 19.2 Å². The third-order valence-electron chi connectivity index (χ3n) is 2.23. The van der Waals surface area contributed by atoms with Gasteiger partial charge in [0.15, 0.2) is 0 Å². The second kappa shape index (κ2) is 6.79. The van der Waals surface area contributed by atoms with E-state index in [2.05, 4.69) is 5.32 Å². The van der Waals surface area contributed by atoms with E-state index in [1.54, 1.807) is 0 Å². The van der Waals surface area contributed by atoms with Gasteiger partial charge < -0.3 is 10.4 Å². The average molecular weight is 202 g/mol. The summed E-state index contributed by atoms with van der Waals surface area (Å²) in [4.78, 5) is 13.3. The quantitative estimate of drug-likeness (QED) is 0.641. The van der Waals surface area contributed by atoms with E-state index in [0.29, 0.717) is 19.1 Å². The molecule has 0 aromatic carbocycles. The third-order valence-corrected chi connectivity index (χ3v) is 2.23. The van der Waals surface area contributed by atoms with Crippen LogP contribution < -0.4 is 5.32 Å². The molecule has 0 aliphatic rings. The van der Waals surface area contributed by atoms with Crippen LogP contribution in [0.1, 0.15) is 20.8 Å². The molecule has 0 aromatic heterocycles. The number of rotatable bonds is 6. The first kappa shape index (κ1) is 13.4. The second-order valence-corrected chi connectivity index (χ2v) is 4.10. The number of amides is 1. The van der Waals surface area contributed by atoms with Crippen molar-refractivity contribution in [3.8, 4) is 0 Å². The molecule has 2 N–H and O–H groups in total. The smallest absolute Gasteiger partial charge is 0.234 e. The lowest BCUT2D eigenvalue weighted by Gasteiger charge is -2.20. The molecule has 84 valence electrons. The van der Waals surface area contributed by atoms with Crippen LogP contribution in [-0.2, 0) is 4.79 Å². The molecule has 0 fully saturated rings. The molecular weight excluding hydrogens is 180 g/mol. The van der Waals surface area contributed by atoms with Crippen LogP contribution in [-0.4, -0.2) is 48.7 Å². The van der Waals surface area contributed by atoms with Gasteiger partial charge in [0.05, 0.1) is 6.54 Å². The minimum atomic E-state index is 0.0153.